The number of aromatic amines is 1. The summed E-state index contributed by atoms with van der Waals surface area (Å²) in [4.78, 5) is 3.81. The molecule has 0 atom stereocenters. The molecule has 1 aromatic carbocycles. The van der Waals surface area contributed by atoms with Crippen molar-refractivity contribution >= 4 is 33.2 Å². The molecule has 0 amide bonds. The van der Waals surface area contributed by atoms with Crippen LogP contribution in [0.2, 0.25) is 10.0 Å². The van der Waals surface area contributed by atoms with Crippen molar-refractivity contribution in [2.45, 2.75) is 17.9 Å². The second-order valence-corrected chi connectivity index (χ2v) is 6.71. The second-order valence-electron chi connectivity index (χ2n) is 4.16. The van der Waals surface area contributed by atoms with Crippen LogP contribution in [0.4, 0.5) is 0 Å². The summed E-state index contributed by atoms with van der Waals surface area (Å²) in [6, 6.07) is 2.83. The lowest BCUT2D eigenvalue weighted by molar-refractivity contribution is 0.581. The zero-order chi connectivity index (χ0) is 15.5. The van der Waals surface area contributed by atoms with E-state index in [1.807, 2.05) is 0 Å². The highest BCUT2D eigenvalue weighted by Gasteiger charge is 2.20. The van der Waals surface area contributed by atoms with Gasteiger partial charge in [-0.25, -0.2) is 18.1 Å². The molecule has 7 nitrogen and oxygen atoms in total. The van der Waals surface area contributed by atoms with E-state index in [4.69, 9.17) is 28.9 Å². The van der Waals surface area contributed by atoms with Crippen molar-refractivity contribution in [2.24, 2.45) is 5.73 Å². The fraction of sp³-hybridized carbons (Fsp3) is 0.273. The summed E-state index contributed by atoms with van der Waals surface area (Å²) in [6.45, 7) is 0.248. The molecule has 0 bridgehead atoms. The summed E-state index contributed by atoms with van der Waals surface area (Å²) in [5, 5.41) is 6.66. The first-order chi connectivity index (χ1) is 9.94. The van der Waals surface area contributed by atoms with Gasteiger partial charge in [0.25, 0.3) is 0 Å². The Morgan fingerprint density at radius 1 is 1.33 bits per heavy atom. The number of aromatic nitrogens is 3. The maximum atomic E-state index is 12.3. The molecule has 0 saturated heterocycles. The van der Waals surface area contributed by atoms with Crippen molar-refractivity contribution in [3.63, 3.8) is 0 Å². The molecule has 0 aliphatic heterocycles. The number of nitrogens with zero attached hydrogens (tertiary/aromatic N) is 2. The monoisotopic (exact) mass is 349 g/mol. The van der Waals surface area contributed by atoms with Gasteiger partial charge >= 0.3 is 0 Å². The van der Waals surface area contributed by atoms with Gasteiger partial charge in [0, 0.05) is 24.5 Å². The summed E-state index contributed by atoms with van der Waals surface area (Å²) in [5.41, 5.74) is 5.99. The van der Waals surface area contributed by atoms with Crippen molar-refractivity contribution < 1.29 is 8.42 Å². The highest BCUT2D eigenvalue weighted by Crippen LogP contribution is 2.29. The van der Waals surface area contributed by atoms with Crippen molar-refractivity contribution in [3.8, 4) is 0 Å². The number of rotatable bonds is 6. The fourth-order valence-corrected chi connectivity index (χ4v) is 3.67. The molecule has 0 spiro atoms. The minimum Gasteiger partial charge on any atom is -0.326 e. The highest BCUT2D eigenvalue weighted by molar-refractivity contribution is 7.89. The van der Waals surface area contributed by atoms with Crippen LogP contribution in [0.5, 0.6) is 0 Å². The molecule has 21 heavy (non-hydrogen) atoms. The van der Waals surface area contributed by atoms with E-state index in [-0.39, 0.29) is 28.0 Å². The van der Waals surface area contributed by atoms with Crippen molar-refractivity contribution in [3.05, 3.63) is 39.9 Å². The first-order valence-electron chi connectivity index (χ1n) is 5.96. The number of H-pyrrole nitrogens is 1. The van der Waals surface area contributed by atoms with E-state index in [1.165, 1.54) is 18.5 Å². The maximum absolute atomic E-state index is 12.3. The Bertz CT molecular complexity index is 718. The third-order valence-electron chi connectivity index (χ3n) is 2.71. The summed E-state index contributed by atoms with van der Waals surface area (Å²) in [6.07, 6.45) is 1.73. The third-order valence-corrected chi connectivity index (χ3v) is 4.97. The normalized spacial score (nSPS) is 11.8. The Balaban J connectivity index is 2.17. The summed E-state index contributed by atoms with van der Waals surface area (Å²) < 4.78 is 27.0. The smallest absolute Gasteiger partial charge is 0.242 e. The van der Waals surface area contributed by atoms with Gasteiger partial charge in [0.2, 0.25) is 10.0 Å². The highest BCUT2D eigenvalue weighted by atomic mass is 35.5. The molecule has 10 heteroatoms. The predicted molar refractivity (Wildman–Crippen MR) is 79.6 cm³/mol. The van der Waals surface area contributed by atoms with E-state index in [0.717, 1.165) is 0 Å². The van der Waals surface area contributed by atoms with Gasteiger partial charge < -0.3 is 5.73 Å². The number of benzene rings is 1. The molecular formula is C11H13Cl2N5O2S. The standard InChI is InChI=1S/C11H13Cl2N5O2S/c12-8-3-7(5-14)11(13)9(4-8)21(19,20)17-2-1-10-15-6-16-18-10/h3-4,6,17H,1-2,5,14H2,(H,15,16,18). The molecule has 2 rings (SSSR count). The molecule has 114 valence electrons. The first kappa shape index (κ1) is 16.2. The predicted octanol–water partition coefficient (Wildman–Crippen LogP) is 1.09. The number of sulfonamides is 1. The summed E-state index contributed by atoms with van der Waals surface area (Å²) >= 11 is 11.9. The molecule has 0 aliphatic carbocycles. The zero-order valence-corrected chi connectivity index (χ0v) is 13.1. The van der Waals surface area contributed by atoms with E-state index < -0.39 is 10.0 Å². The molecule has 0 aliphatic rings. The van der Waals surface area contributed by atoms with Crippen LogP contribution in [0.15, 0.2) is 23.4 Å². The molecule has 0 unspecified atom stereocenters. The largest absolute Gasteiger partial charge is 0.326 e. The van der Waals surface area contributed by atoms with Crippen LogP contribution in [0.25, 0.3) is 0 Å². The van der Waals surface area contributed by atoms with Gasteiger partial charge in [0.05, 0.1) is 5.02 Å². The van der Waals surface area contributed by atoms with Crippen LogP contribution in [0, 0.1) is 0 Å². The Labute approximate surface area is 131 Å². The second kappa shape index (κ2) is 6.71. The molecule has 0 saturated carbocycles. The summed E-state index contributed by atoms with van der Waals surface area (Å²) in [7, 11) is -3.78. The first-order valence-corrected chi connectivity index (χ1v) is 8.20. The van der Waals surface area contributed by atoms with Crippen LogP contribution in [0.3, 0.4) is 0 Å². The zero-order valence-electron chi connectivity index (χ0n) is 10.8. The molecule has 1 aromatic heterocycles. The number of halogens is 2. The van der Waals surface area contributed by atoms with Gasteiger partial charge in [0.1, 0.15) is 17.0 Å². The van der Waals surface area contributed by atoms with Crippen LogP contribution < -0.4 is 10.5 Å². The molecular weight excluding hydrogens is 337 g/mol. The van der Waals surface area contributed by atoms with Crippen LogP contribution in [-0.4, -0.2) is 30.1 Å². The number of nitrogens with one attached hydrogen (secondary N) is 2. The quantitative estimate of drug-likeness (QED) is 0.722. The minimum atomic E-state index is -3.78. The number of nitrogens with two attached hydrogens (primary N) is 1. The third kappa shape index (κ3) is 3.92. The van der Waals surface area contributed by atoms with Crippen molar-refractivity contribution in [1.82, 2.24) is 19.9 Å². The van der Waals surface area contributed by atoms with Crippen molar-refractivity contribution in [1.29, 1.82) is 0 Å². The Morgan fingerprint density at radius 2 is 2.10 bits per heavy atom. The Morgan fingerprint density at radius 3 is 2.71 bits per heavy atom. The molecule has 2 aromatic rings. The fourth-order valence-electron chi connectivity index (χ4n) is 1.70. The molecule has 0 radical (unpaired) electrons. The van der Waals surface area contributed by atoms with Gasteiger partial charge in [-0.1, -0.05) is 23.2 Å². The van der Waals surface area contributed by atoms with Gasteiger partial charge in [-0.3, -0.25) is 5.10 Å². The van der Waals surface area contributed by atoms with Crippen molar-refractivity contribution in [2.75, 3.05) is 6.54 Å². The average Bonchev–Trinajstić information content (AvgIpc) is 2.93. The lowest BCUT2D eigenvalue weighted by atomic mass is 10.2. The summed E-state index contributed by atoms with van der Waals surface area (Å²) in [5.74, 6) is 0.581. The van der Waals surface area contributed by atoms with Crippen LogP contribution in [-0.2, 0) is 23.0 Å². The molecule has 1 heterocycles. The molecule has 4 N–H and O–H groups in total. The lowest BCUT2D eigenvalue weighted by Gasteiger charge is -2.11. The van der Waals surface area contributed by atoms with Gasteiger partial charge in [-0.2, -0.15) is 5.10 Å². The lowest BCUT2D eigenvalue weighted by Crippen LogP contribution is -2.26. The Kier molecular flexibility index (Phi) is 5.17. The van der Waals surface area contributed by atoms with E-state index in [2.05, 4.69) is 19.9 Å². The van der Waals surface area contributed by atoms with Crippen LogP contribution in [0.1, 0.15) is 11.4 Å². The number of hydrogen-bond acceptors (Lipinski definition) is 5. The van der Waals surface area contributed by atoms with E-state index >= 15 is 0 Å². The molecule has 0 fully saturated rings. The van der Waals surface area contributed by atoms with E-state index in [1.54, 1.807) is 0 Å². The van der Waals surface area contributed by atoms with Gasteiger partial charge in [0.15, 0.2) is 0 Å². The maximum Gasteiger partial charge on any atom is 0.242 e. The topological polar surface area (TPSA) is 114 Å². The van der Waals surface area contributed by atoms with Crippen LogP contribution >= 0.6 is 23.2 Å². The Hall–Kier alpha value is -1.19. The van der Waals surface area contributed by atoms with E-state index in [0.29, 0.717) is 17.8 Å². The SMILES string of the molecule is NCc1cc(Cl)cc(S(=O)(=O)NCCc2ncn[nH]2)c1Cl. The van der Waals surface area contributed by atoms with Gasteiger partial charge in [-0.05, 0) is 17.7 Å². The number of hydrogen-bond donors (Lipinski definition) is 3. The van der Waals surface area contributed by atoms with E-state index in [9.17, 15) is 8.42 Å². The minimum absolute atomic E-state index is 0.0778. The van der Waals surface area contributed by atoms with Gasteiger partial charge in [-0.15, -0.1) is 0 Å². The average molecular weight is 350 g/mol.